The number of para-hydroxylation sites is 1. The fraction of sp³-hybridized carbons (Fsp3) is 0. The van der Waals surface area contributed by atoms with Crippen molar-refractivity contribution in [2.75, 3.05) is 0 Å². The number of fused-ring (bicyclic) bond motifs is 1. The van der Waals surface area contributed by atoms with Crippen LogP contribution in [-0.2, 0) is 0 Å². The molecule has 1 N–H and O–H groups in total. The molecule has 0 aliphatic heterocycles. The molecule has 2 aromatic carbocycles. The molecule has 0 unspecified atom stereocenters. The highest BCUT2D eigenvalue weighted by atomic mass is 35.5. The van der Waals surface area contributed by atoms with Crippen LogP contribution in [0.2, 0.25) is 5.02 Å². The van der Waals surface area contributed by atoms with Gasteiger partial charge in [-0.2, -0.15) is 5.10 Å². The van der Waals surface area contributed by atoms with Crippen LogP contribution in [0.4, 0.5) is 0 Å². The number of hydrogen-bond donors (Lipinski definition) is 1. The Morgan fingerprint density at radius 2 is 2.00 bits per heavy atom. The predicted molar refractivity (Wildman–Crippen MR) is 89.0 cm³/mol. The predicted octanol–water partition coefficient (Wildman–Crippen LogP) is 3.21. The zero-order chi connectivity index (χ0) is 16.2. The van der Waals surface area contributed by atoms with Crippen molar-refractivity contribution in [1.82, 2.24) is 5.43 Å². The number of amides is 1. The maximum absolute atomic E-state index is 12.2. The van der Waals surface area contributed by atoms with E-state index in [-0.39, 0.29) is 11.0 Å². The summed E-state index contributed by atoms with van der Waals surface area (Å²) in [6.07, 6.45) is 2.56. The summed E-state index contributed by atoms with van der Waals surface area (Å²) in [6.45, 7) is 0. The van der Waals surface area contributed by atoms with Crippen LogP contribution in [0, 0.1) is 0 Å². The minimum absolute atomic E-state index is 0.215. The van der Waals surface area contributed by atoms with E-state index in [0.29, 0.717) is 21.6 Å². The molecule has 1 heterocycles. The van der Waals surface area contributed by atoms with Gasteiger partial charge in [0.15, 0.2) is 0 Å². The number of hydrogen-bond acceptors (Lipinski definition) is 4. The third-order valence-corrected chi connectivity index (χ3v) is 3.40. The summed E-state index contributed by atoms with van der Waals surface area (Å²) in [4.78, 5) is 24.1. The molecular formula is C17H11ClN2O3. The quantitative estimate of drug-likeness (QED) is 0.593. The lowest BCUT2D eigenvalue weighted by atomic mass is 10.2. The molecule has 114 valence electrons. The van der Waals surface area contributed by atoms with Crippen LogP contribution in [0.3, 0.4) is 0 Å². The molecule has 0 saturated carbocycles. The van der Waals surface area contributed by atoms with Crippen LogP contribution in [0.5, 0.6) is 0 Å². The Balaban J connectivity index is 1.79. The molecule has 0 aliphatic rings. The van der Waals surface area contributed by atoms with E-state index in [4.69, 9.17) is 16.0 Å². The number of carbonyl (C=O) groups excluding carboxylic acids is 1. The molecule has 0 fully saturated rings. The number of rotatable bonds is 3. The second-order valence-electron chi connectivity index (χ2n) is 4.73. The third-order valence-electron chi connectivity index (χ3n) is 3.16. The zero-order valence-corrected chi connectivity index (χ0v) is 12.6. The summed E-state index contributed by atoms with van der Waals surface area (Å²) in [5.41, 5.74) is 3.24. The lowest BCUT2D eigenvalue weighted by Crippen LogP contribution is -2.18. The second-order valence-corrected chi connectivity index (χ2v) is 5.16. The van der Waals surface area contributed by atoms with Crippen molar-refractivity contribution >= 4 is 34.7 Å². The molecule has 1 amide bonds. The fourth-order valence-electron chi connectivity index (χ4n) is 2.04. The van der Waals surface area contributed by atoms with Crippen LogP contribution in [0.15, 0.2) is 69.1 Å². The molecule has 1 aromatic heterocycles. The summed E-state index contributed by atoms with van der Waals surface area (Å²) in [6, 6.07) is 13.4. The van der Waals surface area contributed by atoms with Crippen LogP contribution in [0.1, 0.15) is 15.9 Å². The van der Waals surface area contributed by atoms with Gasteiger partial charge in [-0.05, 0) is 30.3 Å². The average molecular weight is 327 g/mol. The normalized spacial score (nSPS) is 11.0. The maximum Gasteiger partial charge on any atom is 0.271 e. The summed E-state index contributed by atoms with van der Waals surface area (Å²) >= 11 is 5.82. The number of carbonyl (C=O) groups is 1. The molecule has 3 rings (SSSR count). The topological polar surface area (TPSA) is 71.7 Å². The van der Waals surface area contributed by atoms with Gasteiger partial charge in [0.1, 0.15) is 11.8 Å². The van der Waals surface area contributed by atoms with Crippen LogP contribution >= 0.6 is 11.6 Å². The van der Waals surface area contributed by atoms with Crippen molar-refractivity contribution in [2.45, 2.75) is 0 Å². The summed E-state index contributed by atoms with van der Waals surface area (Å²) in [7, 11) is 0. The number of nitrogens with zero attached hydrogens (tertiary/aromatic N) is 1. The summed E-state index contributed by atoms with van der Waals surface area (Å²) in [5.74, 6) is -0.422. The minimum Gasteiger partial charge on any atom is -0.463 e. The smallest absolute Gasteiger partial charge is 0.271 e. The Kier molecular flexibility index (Phi) is 4.21. The Morgan fingerprint density at radius 1 is 1.17 bits per heavy atom. The van der Waals surface area contributed by atoms with E-state index in [9.17, 15) is 9.59 Å². The number of hydrazone groups is 1. The molecule has 0 bridgehead atoms. The van der Waals surface area contributed by atoms with Gasteiger partial charge in [0, 0.05) is 10.6 Å². The monoisotopic (exact) mass is 326 g/mol. The van der Waals surface area contributed by atoms with E-state index >= 15 is 0 Å². The Labute approximate surface area is 136 Å². The maximum atomic E-state index is 12.2. The largest absolute Gasteiger partial charge is 0.463 e. The molecule has 0 atom stereocenters. The molecule has 23 heavy (non-hydrogen) atoms. The highest BCUT2D eigenvalue weighted by Gasteiger charge is 2.06. The van der Waals surface area contributed by atoms with E-state index in [0.717, 1.165) is 0 Å². The van der Waals surface area contributed by atoms with Crippen molar-refractivity contribution in [3.8, 4) is 0 Å². The summed E-state index contributed by atoms with van der Waals surface area (Å²) < 4.78 is 5.36. The molecule has 0 saturated heterocycles. The van der Waals surface area contributed by atoms with Gasteiger partial charge < -0.3 is 4.42 Å². The first-order valence-corrected chi connectivity index (χ1v) is 7.12. The van der Waals surface area contributed by atoms with Crippen LogP contribution in [0.25, 0.3) is 11.0 Å². The van der Waals surface area contributed by atoms with Gasteiger partial charge >= 0.3 is 0 Å². The van der Waals surface area contributed by atoms with E-state index in [1.807, 2.05) is 0 Å². The Hall–Kier alpha value is -2.92. The second kappa shape index (κ2) is 6.46. The molecule has 5 nitrogen and oxygen atoms in total. The average Bonchev–Trinajstić information content (AvgIpc) is 2.57. The molecule has 0 aliphatic carbocycles. The number of nitrogens with one attached hydrogen (secondary N) is 1. The van der Waals surface area contributed by atoms with Gasteiger partial charge in [0.25, 0.3) is 5.91 Å². The lowest BCUT2D eigenvalue weighted by Gasteiger charge is -2.00. The van der Waals surface area contributed by atoms with Gasteiger partial charge in [0.2, 0.25) is 5.43 Å². The molecule has 0 radical (unpaired) electrons. The van der Waals surface area contributed by atoms with Crippen LogP contribution < -0.4 is 10.9 Å². The first-order valence-electron chi connectivity index (χ1n) is 6.74. The fourth-order valence-corrected chi connectivity index (χ4v) is 2.23. The van der Waals surface area contributed by atoms with Gasteiger partial charge in [0.05, 0.1) is 17.2 Å². The highest BCUT2D eigenvalue weighted by molar-refractivity contribution is 6.30. The molecule has 3 aromatic rings. The van der Waals surface area contributed by atoms with E-state index in [2.05, 4.69) is 10.5 Å². The Bertz CT molecular complexity index is 963. The van der Waals surface area contributed by atoms with E-state index < -0.39 is 5.91 Å². The SMILES string of the molecule is O=C(N/N=C/c1coc2ccccc2c1=O)c1cccc(Cl)c1. The Morgan fingerprint density at radius 3 is 2.83 bits per heavy atom. The third kappa shape index (κ3) is 3.30. The standard InChI is InChI=1S/C17H11ClN2O3/c18-13-5-3-4-11(8-13)17(22)20-19-9-12-10-23-15-7-2-1-6-14(15)16(12)21/h1-10H,(H,20,22)/b19-9+. The van der Waals surface area contributed by atoms with Gasteiger partial charge in [-0.3, -0.25) is 9.59 Å². The van der Waals surface area contributed by atoms with Crippen LogP contribution in [-0.4, -0.2) is 12.1 Å². The van der Waals surface area contributed by atoms with E-state index in [1.165, 1.54) is 18.5 Å². The summed E-state index contributed by atoms with van der Waals surface area (Å²) in [5, 5.41) is 4.70. The van der Waals surface area contributed by atoms with Crippen molar-refractivity contribution in [3.63, 3.8) is 0 Å². The zero-order valence-electron chi connectivity index (χ0n) is 11.8. The van der Waals surface area contributed by atoms with Gasteiger partial charge in [-0.25, -0.2) is 5.43 Å². The first kappa shape index (κ1) is 15.0. The van der Waals surface area contributed by atoms with Crippen molar-refractivity contribution in [1.29, 1.82) is 0 Å². The van der Waals surface area contributed by atoms with E-state index in [1.54, 1.807) is 42.5 Å². The molecule has 6 heteroatoms. The van der Waals surface area contributed by atoms with Crippen molar-refractivity contribution in [2.24, 2.45) is 5.10 Å². The molecular weight excluding hydrogens is 316 g/mol. The van der Waals surface area contributed by atoms with Gasteiger partial charge in [-0.15, -0.1) is 0 Å². The lowest BCUT2D eigenvalue weighted by molar-refractivity contribution is 0.0955. The number of halogens is 1. The first-order chi connectivity index (χ1) is 11.1. The minimum atomic E-state index is -0.422. The van der Waals surface area contributed by atoms with Crippen molar-refractivity contribution < 1.29 is 9.21 Å². The number of benzene rings is 2. The molecule has 0 spiro atoms. The highest BCUT2D eigenvalue weighted by Crippen LogP contribution is 2.11. The van der Waals surface area contributed by atoms with Crippen molar-refractivity contribution in [3.05, 3.63) is 81.2 Å². The van der Waals surface area contributed by atoms with Gasteiger partial charge in [-0.1, -0.05) is 29.8 Å².